The molecule has 0 aliphatic rings. The number of nitrogens with one attached hydrogen (secondary N) is 2. The third kappa shape index (κ3) is 6.60. The van der Waals surface area contributed by atoms with Crippen molar-refractivity contribution in [3.8, 4) is 5.75 Å². The number of anilines is 1. The highest BCUT2D eigenvalue weighted by Crippen LogP contribution is 2.26. The Bertz CT molecular complexity index is 796. The third-order valence-corrected chi connectivity index (χ3v) is 4.76. The average molecular weight is 390 g/mol. The predicted molar refractivity (Wildman–Crippen MR) is 107 cm³/mol. The predicted octanol–water partition coefficient (Wildman–Crippen LogP) is 3.69. The molecule has 0 fully saturated rings. The Labute approximate surface area is 162 Å². The van der Waals surface area contributed by atoms with E-state index < -0.39 is 0 Å². The lowest BCUT2D eigenvalue weighted by atomic mass is 10.0. The summed E-state index contributed by atoms with van der Waals surface area (Å²) < 4.78 is 18.2. The quantitative estimate of drug-likeness (QED) is 0.721. The van der Waals surface area contributed by atoms with Crippen molar-refractivity contribution >= 4 is 29.3 Å². The van der Waals surface area contributed by atoms with Gasteiger partial charge in [-0.1, -0.05) is 17.7 Å². The van der Waals surface area contributed by atoms with Crippen LogP contribution in [0, 0.1) is 12.7 Å². The zero-order valence-corrected chi connectivity index (χ0v) is 16.4. The van der Waals surface area contributed by atoms with Crippen molar-refractivity contribution in [2.75, 3.05) is 23.9 Å². The van der Waals surface area contributed by atoms with Gasteiger partial charge in [0, 0.05) is 11.3 Å². The summed E-state index contributed by atoms with van der Waals surface area (Å²) in [7, 11) is 1.60. The maximum atomic E-state index is 12.8. The van der Waals surface area contributed by atoms with E-state index in [9.17, 15) is 14.0 Å². The van der Waals surface area contributed by atoms with Crippen LogP contribution >= 0.6 is 11.8 Å². The van der Waals surface area contributed by atoms with Crippen LogP contribution in [0.4, 0.5) is 10.1 Å². The monoisotopic (exact) mass is 390 g/mol. The van der Waals surface area contributed by atoms with E-state index in [2.05, 4.69) is 10.6 Å². The summed E-state index contributed by atoms with van der Waals surface area (Å²) >= 11 is 1.21. The number of hydrogen-bond acceptors (Lipinski definition) is 4. The summed E-state index contributed by atoms with van der Waals surface area (Å²) in [5.41, 5.74) is 2.51. The number of methoxy groups -OCH3 is 1. The molecule has 2 aromatic rings. The van der Waals surface area contributed by atoms with Gasteiger partial charge in [-0.2, -0.15) is 0 Å². The molecule has 2 N–H and O–H groups in total. The molecule has 0 bridgehead atoms. The molecule has 0 saturated carbocycles. The zero-order valence-electron chi connectivity index (χ0n) is 15.5. The van der Waals surface area contributed by atoms with Crippen molar-refractivity contribution in [1.82, 2.24) is 5.32 Å². The molecular weight excluding hydrogens is 367 g/mol. The second kappa shape index (κ2) is 9.97. The maximum Gasteiger partial charge on any atom is 0.234 e. The fourth-order valence-corrected chi connectivity index (χ4v) is 3.15. The topological polar surface area (TPSA) is 67.4 Å². The number of rotatable bonds is 8. The minimum atomic E-state index is -0.363. The Morgan fingerprint density at radius 1 is 1.11 bits per heavy atom. The van der Waals surface area contributed by atoms with Gasteiger partial charge in [0.05, 0.1) is 24.7 Å². The standard InChI is InChI=1S/C20H23FN2O3S/c1-13-4-9-18(26-3)17(10-13)14(2)22-19(24)11-27-12-20(25)23-16-7-5-15(21)6-8-16/h4-10,14H,11-12H2,1-3H3,(H,22,24)(H,23,25). The molecule has 2 aromatic carbocycles. The van der Waals surface area contributed by atoms with Crippen LogP contribution < -0.4 is 15.4 Å². The highest BCUT2D eigenvalue weighted by Gasteiger charge is 2.15. The van der Waals surface area contributed by atoms with Gasteiger partial charge in [-0.3, -0.25) is 9.59 Å². The summed E-state index contributed by atoms with van der Waals surface area (Å²) in [6, 6.07) is 11.1. The number of carbonyl (C=O) groups is 2. The highest BCUT2D eigenvalue weighted by molar-refractivity contribution is 8.00. The van der Waals surface area contributed by atoms with E-state index in [0.717, 1.165) is 16.9 Å². The second-order valence-corrected chi connectivity index (χ2v) is 7.07. The van der Waals surface area contributed by atoms with Crippen molar-refractivity contribution < 1.29 is 18.7 Å². The molecule has 0 saturated heterocycles. The Morgan fingerprint density at radius 2 is 1.78 bits per heavy atom. The lowest BCUT2D eigenvalue weighted by Gasteiger charge is -2.18. The first-order valence-electron chi connectivity index (χ1n) is 8.46. The first-order chi connectivity index (χ1) is 12.9. The van der Waals surface area contributed by atoms with Gasteiger partial charge in [-0.05, 0) is 44.2 Å². The third-order valence-electron chi connectivity index (χ3n) is 3.82. The first-order valence-corrected chi connectivity index (χ1v) is 9.61. The van der Waals surface area contributed by atoms with E-state index in [4.69, 9.17) is 4.74 Å². The summed E-state index contributed by atoms with van der Waals surface area (Å²) in [5, 5.41) is 5.57. The van der Waals surface area contributed by atoms with Gasteiger partial charge < -0.3 is 15.4 Å². The number of carbonyl (C=O) groups excluding carboxylic acids is 2. The van der Waals surface area contributed by atoms with Crippen LogP contribution in [0.3, 0.4) is 0 Å². The van der Waals surface area contributed by atoms with E-state index >= 15 is 0 Å². The van der Waals surface area contributed by atoms with Crippen LogP contribution in [0.15, 0.2) is 42.5 Å². The lowest BCUT2D eigenvalue weighted by molar-refractivity contribution is -0.119. The Morgan fingerprint density at radius 3 is 2.44 bits per heavy atom. The molecule has 1 unspecified atom stereocenters. The lowest BCUT2D eigenvalue weighted by Crippen LogP contribution is -2.29. The van der Waals surface area contributed by atoms with E-state index in [0.29, 0.717) is 5.69 Å². The normalized spacial score (nSPS) is 11.6. The number of thioether (sulfide) groups is 1. The zero-order chi connectivity index (χ0) is 19.8. The van der Waals surface area contributed by atoms with Gasteiger partial charge in [-0.15, -0.1) is 11.8 Å². The first kappa shape index (κ1) is 20.8. The van der Waals surface area contributed by atoms with Crippen molar-refractivity contribution in [3.05, 3.63) is 59.4 Å². The molecule has 0 radical (unpaired) electrons. The van der Waals surface area contributed by atoms with E-state index in [-0.39, 0.29) is 35.2 Å². The largest absolute Gasteiger partial charge is 0.496 e. The van der Waals surface area contributed by atoms with Crippen molar-refractivity contribution in [2.24, 2.45) is 0 Å². The number of ether oxygens (including phenoxy) is 1. The molecule has 1 atom stereocenters. The minimum absolute atomic E-state index is 0.132. The summed E-state index contributed by atoms with van der Waals surface area (Å²) in [5.74, 6) is 0.249. The number of hydrogen-bond donors (Lipinski definition) is 2. The number of amides is 2. The van der Waals surface area contributed by atoms with Crippen LogP contribution in [0.5, 0.6) is 5.75 Å². The van der Waals surface area contributed by atoms with E-state index in [1.54, 1.807) is 7.11 Å². The fourth-order valence-electron chi connectivity index (χ4n) is 2.52. The molecule has 27 heavy (non-hydrogen) atoms. The minimum Gasteiger partial charge on any atom is -0.496 e. The molecular formula is C20H23FN2O3S. The molecule has 144 valence electrons. The van der Waals surface area contributed by atoms with Crippen LogP contribution in [0.25, 0.3) is 0 Å². The molecule has 5 nitrogen and oxygen atoms in total. The van der Waals surface area contributed by atoms with Gasteiger partial charge in [0.25, 0.3) is 0 Å². The van der Waals surface area contributed by atoms with Gasteiger partial charge in [0.1, 0.15) is 11.6 Å². The van der Waals surface area contributed by atoms with Crippen LogP contribution in [0.1, 0.15) is 24.1 Å². The molecule has 2 rings (SSSR count). The summed E-state index contributed by atoms with van der Waals surface area (Å²) in [6.07, 6.45) is 0. The molecule has 0 aromatic heterocycles. The smallest absolute Gasteiger partial charge is 0.234 e. The van der Waals surface area contributed by atoms with Crippen LogP contribution in [0.2, 0.25) is 0 Å². The Hall–Kier alpha value is -2.54. The van der Waals surface area contributed by atoms with E-state index in [1.807, 2.05) is 32.0 Å². The Kier molecular flexibility index (Phi) is 7.67. The van der Waals surface area contributed by atoms with Crippen molar-refractivity contribution in [3.63, 3.8) is 0 Å². The SMILES string of the molecule is COc1ccc(C)cc1C(C)NC(=O)CSCC(=O)Nc1ccc(F)cc1. The number of halogens is 1. The Balaban J connectivity index is 1.78. The van der Waals surface area contributed by atoms with Crippen LogP contribution in [-0.2, 0) is 9.59 Å². The average Bonchev–Trinajstić information content (AvgIpc) is 2.63. The van der Waals surface area contributed by atoms with E-state index in [1.165, 1.54) is 36.0 Å². The molecule has 7 heteroatoms. The van der Waals surface area contributed by atoms with Crippen molar-refractivity contribution in [1.29, 1.82) is 0 Å². The summed E-state index contributed by atoms with van der Waals surface area (Å²) in [4.78, 5) is 24.0. The second-order valence-electron chi connectivity index (χ2n) is 6.08. The van der Waals surface area contributed by atoms with Gasteiger partial charge in [-0.25, -0.2) is 4.39 Å². The summed E-state index contributed by atoms with van der Waals surface area (Å²) in [6.45, 7) is 3.87. The van der Waals surface area contributed by atoms with Crippen molar-refractivity contribution in [2.45, 2.75) is 19.9 Å². The number of benzene rings is 2. The molecule has 0 aliphatic heterocycles. The van der Waals surface area contributed by atoms with Gasteiger partial charge in [0.15, 0.2) is 0 Å². The van der Waals surface area contributed by atoms with Gasteiger partial charge in [0.2, 0.25) is 11.8 Å². The number of aryl methyl sites for hydroxylation is 1. The fraction of sp³-hybridized carbons (Fsp3) is 0.300. The molecule has 0 heterocycles. The molecule has 0 spiro atoms. The highest BCUT2D eigenvalue weighted by atomic mass is 32.2. The molecule has 0 aliphatic carbocycles. The van der Waals surface area contributed by atoms with Gasteiger partial charge >= 0.3 is 0 Å². The van der Waals surface area contributed by atoms with Crippen LogP contribution in [-0.4, -0.2) is 30.4 Å². The maximum absolute atomic E-state index is 12.8. The molecule has 2 amide bonds.